The van der Waals surface area contributed by atoms with Crippen LogP contribution in [-0.2, 0) is 24.9 Å². The standard InChI is InChI=1S/C26H29Cl2N3O2/c1-4-19(2)31(26(33)21-12-13-23(27)24(28)15-21)18-25(32)30(16-20-9-6-5-7-10-20)17-22-11-8-14-29(22)3/h5-15,19H,4,16-18H2,1-3H3. The number of carbonyl (C=O) groups is 2. The molecule has 3 aromatic rings. The molecular formula is C26H29Cl2N3O2. The van der Waals surface area contributed by atoms with Crippen LogP contribution in [0.1, 0.15) is 41.9 Å². The van der Waals surface area contributed by atoms with Crippen molar-refractivity contribution in [2.24, 2.45) is 7.05 Å². The Morgan fingerprint density at radius 1 is 0.970 bits per heavy atom. The minimum Gasteiger partial charge on any atom is -0.353 e. The largest absolute Gasteiger partial charge is 0.353 e. The molecule has 0 aliphatic carbocycles. The van der Waals surface area contributed by atoms with Crippen LogP contribution in [0.5, 0.6) is 0 Å². The topological polar surface area (TPSA) is 45.6 Å². The van der Waals surface area contributed by atoms with Crippen LogP contribution < -0.4 is 0 Å². The summed E-state index contributed by atoms with van der Waals surface area (Å²) in [5, 5.41) is 0.698. The predicted octanol–water partition coefficient (Wildman–Crippen LogP) is 5.80. The second-order valence-electron chi connectivity index (χ2n) is 8.17. The number of amides is 2. The quantitative estimate of drug-likeness (QED) is 0.384. The van der Waals surface area contributed by atoms with Gasteiger partial charge in [-0.3, -0.25) is 9.59 Å². The van der Waals surface area contributed by atoms with Crippen LogP contribution in [0.3, 0.4) is 0 Å². The summed E-state index contributed by atoms with van der Waals surface area (Å²) in [6, 6.07) is 18.5. The van der Waals surface area contributed by atoms with Crippen molar-refractivity contribution in [3.8, 4) is 0 Å². The summed E-state index contributed by atoms with van der Waals surface area (Å²) in [6.07, 6.45) is 2.68. The van der Waals surface area contributed by atoms with Crippen molar-refractivity contribution in [1.29, 1.82) is 0 Å². The smallest absolute Gasteiger partial charge is 0.254 e. The van der Waals surface area contributed by atoms with Crippen molar-refractivity contribution in [2.45, 2.75) is 39.4 Å². The number of halogens is 2. The second-order valence-corrected chi connectivity index (χ2v) is 8.98. The van der Waals surface area contributed by atoms with Crippen molar-refractivity contribution in [3.05, 3.63) is 93.7 Å². The number of carbonyl (C=O) groups excluding carboxylic acids is 2. The zero-order valence-electron chi connectivity index (χ0n) is 19.2. The van der Waals surface area contributed by atoms with E-state index in [-0.39, 0.29) is 24.4 Å². The minimum atomic E-state index is -0.241. The summed E-state index contributed by atoms with van der Waals surface area (Å²) in [7, 11) is 1.96. The first-order valence-corrected chi connectivity index (χ1v) is 11.7. The Balaban J connectivity index is 1.86. The summed E-state index contributed by atoms with van der Waals surface area (Å²) in [5.41, 5.74) is 2.46. The number of aromatic nitrogens is 1. The lowest BCUT2D eigenvalue weighted by Gasteiger charge is -2.31. The third-order valence-corrected chi connectivity index (χ3v) is 6.57. The van der Waals surface area contributed by atoms with E-state index >= 15 is 0 Å². The Kier molecular flexibility index (Phi) is 8.59. The second kappa shape index (κ2) is 11.4. The van der Waals surface area contributed by atoms with Gasteiger partial charge in [-0.15, -0.1) is 0 Å². The average molecular weight is 486 g/mol. The maximum atomic E-state index is 13.5. The Bertz CT molecular complexity index is 1100. The molecule has 174 valence electrons. The van der Waals surface area contributed by atoms with Crippen molar-refractivity contribution >= 4 is 35.0 Å². The van der Waals surface area contributed by atoms with Crippen LogP contribution in [0, 0.1) is 0 Å². The van der Waals surface area contributed by atoms with E-state index < -0.39 is 0 Å². The Morgan fingerprint density at radius 2 is 1.70 bits per heavy atom. The SMILES string of the molecule is CCC(C)N(CC(=O)N(Cc1ccccc1)Cc1cccn1C)C(=O)c1ccc(Cl)c(Cl)c1. The van der Waals surface area contributed by atoms with E-state index in [1.54, 1.807) is 28.0 Å². The fourth-order valence-electron chi connectivity index (χ4n) is 3.58. The molecule has 1 unspecified atom stereocenters. The summed E-state index contributed by atoms with van der Waals surface area (Å²) in [4.78, 5) is 30.3. The fourth-order valence-corrected chi connectivity index (χ4v) is 3.88. The highest BCUT2D eigenvalue weighted by Gasteiger charge is 2.26. The molecule has 0 aliphatic rings. The monoisotopic (exact) mass is 485 g/mol. The first kappa shape index (κ1) is 24.9. The van der Waals surface area contributed by atoms with E-state index in [1.807, 2.05) is 74.1 Å². The normalized spacial score (nSPS) is 11.8. The summed E-state index contributed by atoms with van der Waals surface area (Å²) in [6.45, 7) is 4.83. The molecule has 1 heterocycles. The molecule has 0 saturated heterocycles. The molecule has 3 rings (SSSR count). The number of benzene rings is 2. The van der Waals surface area contributed by atoms with Crippen molar-refractivity contribution in [1.82, 2.24) is 14.4 Å². The lowest BCUT2D eigenvalue weighted by Crippen LogP contribution is -2.46. The zero-order valence-corrected chi connectivity index (χ0v) is 20.7. The number of hydrogen-bond donors (Lipinski definition) is 0. The highest BCUT2D eigenvalue weighted by Crippen LogP contribution is 2.24. The van der Waals surface area contributed by atoms with Gasteiger partial charge in [-0.1, -0.05) is 60.5 Å². The van der Waals surface area contributed by atoms with E-state index in [9.17, 15) is 9.59 Å². The molecule has 0 bridgehead atoms. The number of rotatable bonds is 9. The van der Waals surface area contributed by atoms with Crippen LogP contribution in [0.2, 0.25) is 10.0 Å². The highest BCUT2D eigenvalue weighted by molar-refractivity contribution is 6.42. The summed E-state index contributed by atoms with van der Waals surface area (Å²) >= 11 is 12.2. The fraction of sp³-hybridized carbons (Fsp3) is 0.308. The third kappa shape index (κ3) is 6.40. The van der Waals surface area contributed by atoms with Gasteiger partial charge in [0.25, 0.3) is 5.91 Å². The molecule has 0 aliphatic heterocycles. The van der Waals surface area contributed by atoms with E-state index in [0.717, 1.165) is 17.7 Å². The molecule has 2 amide bonds. The highest BCUT2D eigenvalue weighted by atomic mass is 35.5. The molecule has 0 fully saturated rings. The van der Waals surface area contributed by atoms with Gasteiger partial charge in [-0.25, -0.2) is 0 Å². The van der Waals surface area contributed by atoms with E-state index in [2.05, 4.69) is 0 Å². The van der Waals surface area contributed by atoms with E-state index in [0.29, 0.717) is 28.7 Å². The molecule has 2 aromatic carbocycles. The molecule has 0 N–H and O–H groups in total. The maximum absolute atomic E-state index is 13.5. The van der Waals surface area contributed by atoms with Gasteiger partial charge in [0, 0.05) is 37.1 Å². The molecule has 7 heteroatoms. The molecule has 1 aromatic heterocycles. The van der Waals surface area contributed by atoms with Crippen LogP contribution >= 0.6 is 23.2 Å². The lowest BCUT2D eigenvalue weighted by atomic mass is 10.1. The average Bonchev–Trinajstić information content (AvgIpc) is 3.22. The number of hydrogen-bond acceptors (Lipinski definition) is 2. The summed E-state index contributed by atoms with van der Waals surface area (Å²) in [5.74, 6) is -0.358. The van der Waals surface area contributed by atoms with Crippen LogP contribution in [0.15, 0.2) is 66.9 Å². The van der Waals surface area contributed by atoms with Crippen molar-refractivity contribution in [2.75, 3.05) is 6.54 Å². The van der Waals surface area contributed by atoms with Crippen LogP contribution in [0.25, 0.3) is 0 Å². The lowest BCUT2D eigenvalue weighted by molar-refractivity contribution is -0.133. The summed E-state index contributed by atoms with van der Waals surface area (Å²) < 4.78 is 2.00. The third-order valence-electron chi connectivity index (χ3n) is 5.83. The first-order valence-electron chi connectivity index (χ1n) is 11.0. The molecule has 1 atom stereocenters. The van der Waals surface area contributed by atoms with Gasteiger partial charge in [0.1, 0.15) is 6.54 Å². The minimum absolute atomic E-state index is 0.0225. The maximum Gasteiger partial charge on any atom is 0.254 e. The molecule has 5 nitrogen and oxygen atoms in total. The molecule has 0 saturated carbocycles. The Hall–Kier alpha value is -2.76. The zero-order chi connectivity index (χ0) is 24.0. The van der Waals surface area contributed by atoms with Gasteiger partial charge >= 0.3 is 0 Å². The van der Waals surface area contributed by atoms with Gasteiger partial charge in [-0.05, 0) is 49.2 Å². The molecular weight excluding hydrogens is 457 g/mol. The van der Waals surface area contributed by atoms with E-state index in [1.165, 1.54) is 0 Å². The van der Waals surface area contributed by atoms with Crippen LogP contribution in [-0.4, -0.2) is 38.8 Å². The van der Waals surface area contributed by atoms with Crippen molar-refractivity contribution in [3.63, 3.8) is 0 Å². The molecule has 0 spiro atoms. The predicted molar refractivity (Wildman–Crippen MR) is 133 cm³/mol. The van der Waals surface area contributed by atoms with Gasteiger partial charge in [-0.2, -0.15) is 0 Å². The van der Waals surface area contributed by atoms with Crippen LogP contribution in [0.4, 0.5) is 0 Å². The van der Waals surface area contributed by atoms with Gasteiger partial charge < -0.3 is 14.4 Å². The Labute approximate surface area is 205 Å². The van der Waals surface area contributed by atoms with Crippen molar-refractivity contribution < 1.29 is 9.59 Å². The van der Waals surface area contributed by atoms with Gasteiger partial charge in [0.15, 0.2) is 0 Å². The Morgan fingerprint density at radius 3 is 2.30 bits per heavy atom. The van der Waals surface area contributed by atoms with Gasteiger partial charge in [0.2, 0.25) is 5.91 Å². The number of aryl methyl sites for hydroxylation is 1. The van der Waals surface area contributed by atoms with E-state index in [4.69, 9.17) is 23.2 Å². The molecule has 0 radical (unpaired) electrons. The number of nitrogens with zero attached hydrogens (tertiary/aromatic N) is 3. The molecule has 33 heavy (non-hydrogen) atoms. The first-order chi connectivity index (χ1) is 15.8. The van der Waals surface area contributed by atoms with Gasteiger partial charge in [0.05, 0.1) is 16.6 Å².